The van der Waals surface area contributed by atoms with E-state index in [-0.39, 0.29) is 11.8 Å². The van der Waals surface area contributed by atoms with Crippen molar-refractivity contribution < 1.29 is 19.1 Å². The lowest BCUT2D eigenvalue weighted by Gasteiger charge is -2.49. The van der Waals surface area contributed by atoms with Crippen molar-refractivity contribution in [2.24, 2.45) is 0 Å². The van der Waals surface area contributed by atoms with Crippen LogP contribution >= 0.6 is 63.7 Å². The van der Waals surface area contributed by atoms with Gasteiger partial charge in [0.25, 0.3) is 0 Å². The van der Waals surface area contributed by atoms with Crippen LogP contribution in [-0.2, 0) is 9.47 Å². The van der Waals surface area contributed by atoms with E-state index in [0.717, 1.165) is 40.1 Å². The number of rotatable bonds is 4. The first-order chi connectivity index (χ1) is 18.3. The van der Waals surface area contributed by atoms with Crippen molar-refractivity contribution in [3.63, 3.8) is 0 Å². The summed E-state index contributed by atoms with van der Waals surface area (Å²) in [5.41, 5.74) is 5.01. The summed E-state index contributed by atoms with van der Waals surface area (Å²) in [5, 5.41) is 0. The molecule has 2 atom stereocenters. The van der Waals surface area contributed by atoms with E-state index in [2.05, 4.69) is 88.0 Å². The van der Waals surface area contributed by atoms with Crippen LogP contribution in [0.5, 0.6) is 0 Å². The number of hydrogen-bond acceptors (Lipinski definition) is 4. The van der Waals surface area contributed by atoms with E-state index in [0.29, 0.717) is 11.1 Å². The van der Waals surface area contributed by atoms with E-state index < -0.39 is 24.1 Å². The predicted octanol–water partition coefficient (Wildman–Crippen LogP) is 8.78. The van der Waals surface area contributed by atoms with Crippen LogP contribution in [0.3, 0.4) is 0 Å². The molecule has 0 amide bonds. The number of halogens is 4. The van der Waals surface area contributed by atoms with Crippen molar-refractivity contribution in [3.05, 3.63) is 136 Å². The molecular formula is C30H18Br4O4. The minimum absolute atomic E-state index is 0.347. The van der Waals surface area contributed by atoms with Crippen molar-refractivity contribution >= 4 is 75.7 Å². The van der Waals surface area contributed by atoms with Crippen LogP contribution in [-0.4, -0.2) is 24.1 Å². The Labute approximate surface area is 253 Å². The number of benzene rings is 4. The van der Waals surface area contributed by atoms with Crippen molar-refractivity contribution in [3.8, 4) is 0 Å². The summed E-state index contributed by atoms with van der Waals surface area (Å²) in [5.74, 6) is -1.61. The van der Waals surface area contributed by atoms with Crippen LogP contribution in [0.4, 0.5) is 0 Å². The molecule has 0 radical (unpaired) electrons. The lowest BCUT2D eigenvalue weighted by atomic mass is 9.61. The van der Waals surface area contributed by atoms with Crippen LogP contribution in [0, 0.1) is 0 Å². The van der Waals surface area contributed by atoms with Gasteiger partial charge in [0.2, 0.25) is 0 Å². The van der Waals surface area contributed by atoms with Crippen LogP contribution in [0.25, 0.3) is 0 Å². The van der Waals surface area contributed by atoms with Gasteiger partial charge in [-0.05, 0) is 135 Å². The monoisotopic (exact) mass is 758 g/mol. The number of hydrogen-bond donors (Lipinski definition) is 0. The zero-order valence-corrected chi connectivity index (χ0v) is 25.9. The predicted molar refractivity (Wildman–Crippen MR) is 159 cm³/mol. The molecule has 38 heavy (non-hydrogen) atoms. The zero-order chi connectivity index (χ0) is 26.6. The van der Waals surface area contributed by atoms with Crippen molar-refractivity contribution in [2.45, 2.75) is 24.0 Å². The summed E-state index contributed by atoms with van der Waals surface area (Å²) >= 11 is 14.6. The van der Waals surface area contributed by atoms with Gasteiger partial charge in [-0.15, -0.1) is 0 Å². The molecule has 190 valence electrons. The van der Waals surface area contributed by atoms with Gasteiger partial charge in [0.1, 0.15) is 0 Å². The van der Waals surface area contributed by atoms with Crippen LogP contribution in [0.2, 0.25) is 0 Å². The van der Waals surface area contributed by atoms with E-state index in [1.165, 1.54) is 0 Å². The normalized spacial score (nSPS) is 20.8. The number of esters is 2. The van der Waals surface area contributed by atoms with Gasteiger partial charge in [0.15, 0.2) is 12.2 Å². The van der Waals surface area contributed by atoms with Crippen molar-refractivity contribution in [2.75, 3.05) is 0 Å². The molecule has 4 aromatic carbocycles. The number of ether oxygens (including phenoxy) is 2. The minimum Gasteiger partial charge on any atom is -0.454 e. The number of carbonyl (C=O) groups excluding carboxylic acids is 2. The molecule has 3 aliphatic rings. The zero-order valence-electron chi connectivity index (χ0n) is 19.5. The Morgan fingerprint density at radius 1 is 0.500 bits per heavy atom. The van der Waals surface area contributed by atoms with Gasteiger partial charge in [0.05, 0.1) is 23.0 Å². The van der Waals surface area contributed by atoms with Crippen molar-refractivity contribution in [1.29, 1.82) is 0 Å². The third kappa shape index (κ3) is 4.49. The Balaban J connectivity index is 1.52. The van der Waals surface area contributed by atoms with Gasteiger partial charge in [-0.3, -0.25) is 0 Å². The second-order valence-corrected chi connectivity index (χ2v) is 12.6. The second kappa shape index (κ2) is 10.4. The summed E-state index contributed by atoms with van der Waals surface area (Å²) < 4.78 is 16.1. The van der Waals surface area contributed by atoms with Crippen molar-refractivity contribution in [1.82, 2.24) is 0 Å². The summed E-state index contributed by atoms with van der Waals surface area (Å²) in [6.07, 6.45) is -1.47. The highest BCUT2D eigenvalue weighted by Crippen LogP contribution is 2.57. The maximum absolute atomic E-state index is 13.4. The highest BCUT2D eigenvalue weighted by atomic mass is 79.9. The highest BCUT2D eigenvalue weighted by molar-refractivity contribution is 9.13. The fourth-order valence-corrected chi connectivity index (χ4v) is 6.90. The first kappa shape index (κ1) is 26.0. The van der Waals surface area contributed by atoms with Gasteiger partial charge in [-0.25, -0.2) is 9.59 Å². The average molecular weight is 762 g/mol. The standard InChI is InChI=1S/C30H18Br4O4/c31-21-11-17-19(13-23(21)33)26-20-14-24(34)22(32)12-18(20)25(17)27(37-29(35)15-7-3-1-4-8-15)28(26)38-30(36)16-9-5-2-6-10-16/h1-14,25-28H/t25-,26-,27?,28?. The Morgan fingerprint density at radius 2 is 0.789 bits per heavy atom. The fourth-order valence-electron chi connectivity index (χ4n) is 5.46. The quantitative estimate of drug-likeness (QED) is 0.195. The first-order valence-corrected chi connectivity index (χ1v) is 15.0. The summed E-state index contributed by atoms with van der Waals surface area (Å²) in [6.45, 7) is 0. The van der Waals surface area contributed by atoms with Crippen LogP contribution in [0.1, 0.15) is 54.8 Å². The van der Waals surface area contributed by atoms with Gasteiger partial charge < -0.3 is 9.47 Å². The molecule has 4 aromatic rings. The van der Waals surface area contributed by atoms with Gasteiger partial charge in [-0.1, -0.05) is 36.4 Å². The Morgan fingerprint density at radius 3 is 1.08 bits per heavy atom. The van der Waals surface area contributed by atoms with Gasteiger partial charge in [-0.2, -0.15) is 0 Å². The molecule has 0 aromatic heterocycles. The lowest BCUT2D eigenvalue weighted by Crippen LogP contribution is -2.51. The smallest absolute Gasteiger partial charge is 0.338 e. The molecule has 0 heterocycles. The van der Waals surface area contributed by atoms with Gasteiger partial charge >= 0.3 is 11.9 Å². The average Bonchev–Trinajstić information content (AvgIpc) is 2.92. The molecule has 0 N–H and O–H groups in total. The third-order valence-electron chi connectivity index (χ3n) is 7.08. The first-order valence-electron chi connectivity index (χ1n) is 11.8. The van der Waals surface area contributed by atoms with E-state index in [1.807, 2.05) is 12.1 Å². The maximum atomic E-state index is 13.4. The molecule has 3 aliphatic carbocycles. The SMILES string of the molecule is O=C(OC1C(OC(=O)c2ccccc2)[C@H]2c3cc(Br)c(Br)cc3[C@H]1c1cc(Br)c(Br)cc12)c1ccccc1. The van der Waals surface area contributed by atoms with E-state index in [9.17, 15) is 9.59 Å². The number of fused-ring (bicyclic) bond motifs is 1. The lowest BCUT2D eigenvalue weighted by molar-refractivity contribution is -0.0558. The topological polar surface area (TPSA) is 52.6 Å². The maximum Gasteiger partial charge on any atom is 0.338 e. The van der Waals surface area contributed by atoms with E-state index in [1.54, 1.807) is 48.5 Å². The Bertz CT molecular complexity index is 1400. The molecule has 0 aliphatic heterocycles. The molecule has 0 saturated heterocycles. The molecular weight excluding hydrogens is 744 g/mol. The van der Waals surface area contributed by atoms with Gasteiger partial charge in [0, 0.05) is 17.9 Å². The largest absolute Gasteiger partial charge is 0.454 e. The fraction of sp³-hybridized carbons (Fsp3) is 0.133. The summed E-state index contributed by atoms with van der Waals surface area (Å²) in [7, 11) is 0. The van der Waals surface area contributed by atoms with E-state index >= 15 is 0 Å². The molecule has 8 heteroatoms. The molecule has 0 saturated carbocycles. The molecule has 2 bridgehead atoms. The molecule has 4 nitrogen and oxygen atoms in total. The summed E-state index contributed by atoms with van der Waals surface area (Å²) in [6, 6.07) is 26.0. The molecule has 0 fully saturated rings. The van der Waals surface area contributed by atoms with Crippen LogP contribution in [0.15, 0.2) is 103 Å². The third-order valence-corrected chi connectivity index (χ3v) is 10.8. The second-order valence-electron chi connectivity index (χ2n) is 9.22. The summed E-state index contributed by atoms with van der Waals surface area (Å²) in [4.78, 5) is 26.7. The highest BCUT2D eigenvalue weighted by Gasteiger charge is 2.54. The molecule has 2 unspecified atom stereocenters. The van der Waals surface area contributed by atoms with Crippen LogP contribution < -0.4 is 0 Å². The number of carbonyl (C=O) groups is 2. The Kier molecular flexibility index (Phi) is 7.10. The minimum atomic E-state index is -0.735. The van der Waals surface area contributed by atoms with E-state index in [4.69, 9.17) is 9.47 Å². The molecule has 0 spiro atoms. The molecule has 7 rings (SSSR count). The Hall–Kier alpha value is -2.26.